The van der Waals surface area contributed by atoms with Gasteiger partial charge in [0.2, 0.25) is 5.91 Å². The van der Waals surface area contributed by atoms with E-state index in [1.165, 1.54) is 18.4 Å². The number of nitrogens with zero attached hydrogens (tertiary/aromatic N) is 1. The summed E-state index contributed by atoms with van der Waals surface area (Å²) >= 11 is 1.08. The number of carbonyl (C=O) groups is 3. The zero-order chi connectivity index (χ0) is 21.6. The lowest BCUT2D eigenvalue weighted by Crippen LogP contribution is -2.30. The number of furan rings is 1. The van der Waals surface area contributed by atoms with Crippen LogP contribution in [0.2, 0.25) is 0 Å². The predicted molar refractivity (Wildman–Crippen MR) is 113 cm³/mol. The van der Waals surface area contributed by atoms with Crippen LogP contribution in [0.15, 0.2) is 28.9 Å². The first kappa shape index (κ1) is 22.4. The Hall–Kier alpha value is -2.87. The van der Waals surface area contributed by atoms with Crippen molar-refractivity contribution in [1.82, 2.24) is 4.90 Å². The summed E-state index contributed by atoms with van der Waals surface area (Å²) in [6.07, 6.45) is 4.00. The van der Waals surface area contributed by atoms with Gasteiger partial charge in [-0.3, -0.25) is 9.59 Å². The number of hydrogen-bond donors (Lipinski definition) is 1. The van der Waals surface area contributed by atoms with Crippen molar-refractivity contribution in [2.24, 2.45) is 0 Å². The van der Waals surface area contributed by atoms with E-state index in [1.807, 2.05) is 13.8 Å². The molecule has 0 saturated carbocycles. The van der Waals surface area contributed by atoms with Crippen molar-refractivity contribution in [1.29, 1.82) is 0 Å². The zero-order valence-electron chi connectivity index (χ0n) is 17.3. The molecule has 0 aromatic carbocycles. The minimum absolute atomic E-state index is 0.178. The molecule has 0 fully saturated rings. The maximum Gasteiger partial charge on any atom is 0.341 e. The van der Waals surface area contributed by atoms with Gasteiger partial charge < -0.3 is 19.4 Å². The van der Waals surface area contributed by atoms with E-state index in [9.17, 15) is 14.4 Å². The fourth-order valence-corrected chi connectivity index (χ4v) is 3.84. The topological polar surface area (TPSA) is 88.9 Å². The largest absolute Gasteiger partial charge is 0.465 e. The van der Waals surface area contributed by atoms with Crippen molar-refractivity contribution in [3.8, 4) is 0 Å². The fourth-order valence-electron chi connectivity index (χ4n) is 2.68. The van der Waals surface area contributed by atoms with Crippen molar-refractivity contribution < 1.29 is 23.5 Å². The molecular weight excluding hydrogens is 392 g/mol. The summed E-state index contributed by atoms with van der Waals surface area (Å²) in [6, 6.07) is 3.43. The van der Waals surface area contributed by atoms with E-state index in [4.69, 9.17) is 9.15 Å². The number of carbonyl (C=O) groups excluding carboxylic acids is 3. The number of esters is 1. The SMILES string of the molecule is CCN(CC)C(=O)c1sc(NC(=O)/C=C/c2ccco2)c(C(=O)OC(C)C)c1C. The Morgan fingerprint density at radius 2 is 1.97 bits per heavy atom. The van der Waals surface area contributed by atoms with Gasteiger partial charge in [-0.05, 0) is 58.4 Å². The van der Waals surface area contributed by atoms with Crippen LogP contribution < -0.4 is 5.32 Å². The molecule has 0 bridgehead atoms. The molecule has 0 aliphatic heterocycles. The summed E-state index contributed by atoms with van der Waals surface area (Å²) < 4.78 is 10.5. The van der Waals surface area contributed by atoms with Gasteiger partial charge >= 0.3 is 5.97 Å². The Balaban J connectivity index is 2.37. The number of hydrogen-bond acceptors (Lipinski definition) is 6. The smallest absolute Gasteiger partial charge is 0.341 e. The molecule has 2 heterocycles. The second-order valence-electron chi connectivity index (χ2n) is 6.53. The second-order valence-corrected chi connectivity index (χ2v) is 7.55. The molecule has 2 amide bonds. The van der Waals surface area contributed by atoms with E-state index in [0.29, 0.717) is 29.3 Å². The highest BCUT2D eigenvalue weighted by molar-refractivity contribution is 7.18. The molecule has 2 rings (SSSR count). The molecular formula is C21H26N2O5S. The number of anilines is 1. The van der Waals surface area contributed by atoms with Crippen molar-refractivity contribution >= 4 is 40.2 Å². The predicted octanol–water partition coefficient (Wildman–Crippen LogP) is 4.35. The number of rotatable bonds is 8. The molecule has 0 atom stereocenters. The lowest BCUT2D eigenvalue weighted by molar-refractivity contribution is -0.111. The maximum absolute atomic E-state index is 12.9. The van der Waals surface area contributed by atoms with Gasteiger partial charge in [-0.2, -0.15) is 0 Å². The number of amides is 2. The van der Waals surface area contributed by atoms with Crippen LogP contribution in [0, 0.1) is 6.92 Å². The van der Waals surface area contributed by atoms with Gasteiger partial charge in [-0.15, -0.1) is 11.3 Å². The number of nitrogens with one attached hydrogen (secondary N) is 1. The molecule has 0 unspecified atom stereocenters. The summed E-state index contributed by atoms with van der Waals surface area (Å²) in [5.74, 6) is -0.664. The highest BCUT2D eigenvalue weighted by atomic mass is 32.1. The molecule has 7 nitrogen and oxygen atoms in total. The first-order valence-electron chi connectivity index (χ1n) is 9.44. The Bertz CT molecular complexity index is 893. The molecule has 29 heavy (non-hydrogen) atoms. The third-order valence-electron chi connectivity index (χ3n) is 4.12. The summed E-state index contributed by atoms with van der Waals surface area (Å²) in [7, 11) is 0. The molecule has 0 aliphatic rings. The van der Waals surface area contributed by atoms with Crippen molar-refractivity contribution in [3.05, 3.63) is 46.2 Å². The molecule has 8 heteroatoms. The second kappa shape index (κ2) is 10.1. The van der Waals surface area contributed by atoms with E-state index in [-0.39, 0.29) is 22.6 Å². The first-order chi connectivity index (χ1) is 13.8. The van der Waals surface area contributed by atoms with E-state index in [1.54, 1.807) is 37.8 Å². The lowest BCUT2D eigenvalue weighted by atomic mass is 10.1. The molecule has 2 aromatic rings. The van der Waals surface area contributed by atoms with Gasteiger partial charge in [0.15, 0.2) is 0 Å². The molecule has 2 aromatic heterocycles. The third kappa shape index (κ3) is 5.57. The fraction of sp³-hybridized carbons (Fsp3) is 0.381. The normalized spacial score (nSPS) is 11.1. The average Bonchev–Trinajstić information content (AvgIpc) is 3.28. The summed E-state index contributed by atoms with van der Waals surface area (Å²) in [6.45, 7) is 10.1. The van der Waals surface area contributed by atoms with Crippen LogP contribution in [-0.2, 0) is 9.53 Å². The van der Waals surface area contributed by atoms with Crippen LogP contribution in [0.4, 0.5) is 5.00 Å². The van der Waals surface area contributed by atoms with Crippen LogP contribution in [0.5, 0.6) is 0 Å². The van der Waals surface area contributed by atoms with Gasteiger partial charge in [0.25, 0.3) is 5.91 Å². The highest BCUT2D eigenvalue weighted by Gasteiger charge is 2.28. The molecule has 0 aliphatic carbocycles. The van der Waals surface area contributed by atoms with Crippen LogP contribution in [-0.4, -0.2) is 41.9 Å². The quantitative estimate of drug-likeness (QED) is 0.509. The lowest BCUT2D eigenvalue weighted by Gasteiger charge is -2.18. The Morgan fingerprint density at radius 1 is 1.28 bits per heavy atom. The van der Waals surface area contributed by atoms with Crippen LogP contribution >= 0.6 is 11.3 Å². The van der Waals surface area contributed by atoms with Gasteiger partial charge in [0.1, 0.15) is 10.8 Å². The van der Waals surface area contributed by atoms with Crippen LogP contribution in [0.3, 0.4) is 0 Å². The Morgan fingerprint density at radius 3 is 2.52 bits per heavy atom. The third-order valence-corrected chi connectivity index (χ3v) is 5.31. The minimum Gasteiger partial charge on any atom is -0.465 e. The van der Waals surface area contributed by atoms with Crippen molar-refractivity contribution in [3.63, 3.8) is 0 Å². The van der Waals surface area contributed by atoms with Crippen molar-refractivity contribution in [2.75, 3.05) is 18.4 Å². The van der Waals surface area contributed by atoms with E-state index in [2.05, 4.69) is 5.32 Å². The molecule has 0 saturated heterocycles. The summed E-state index contributed by atoms with van der Waals surface area (Å²) in [4.78, 5) is 39.9. The summed E-state index contributed by atoms with van der Waals surface area (Å²) in [5.41, 5.74) is 0.710. The monoisotopic (exact) mass is 418 g/mol. The standard InChI is InChI=1S/C21H26N2O5S/c1-6-23(7-2)20(25)18-14(5)17(21(26)28-13(3)4)19(29-18)22-16(24)11-10-15-9-8-12-27-15/h8-13H,6-7H2,1-5H3,(H,22,24)/b11-10+. The molecule has 0 spiro atoms. The molecule has 0 radical (unpaired) electrons. The number of thiophene rings is 1. The van der Waals surface area contributed by atoms with E-state index in [0.717, 1.165) is 11.3 Å². The Kier molecular flexibility index (Phi) is 7.78. The highest BCUT2D eigenvalue weighted by Crippen LogP contribution is 2.35. The van der Waals surface area contributed by atoms with E-state index < -0.39 is 11.9 Å². The summed E-state index contributed by atoms with van der Waals surface area (Å²) in [5, 5.41) is 2.99. The van der Waals surface area contributed by atoms with Crippen LogP contribution in [0.1, 0.15) is 59.0 Å². The minimum atomic E-state index is -0.572. The van der Waals surface area contributed by atoms with Gasteiger partial charge in [0, 0.05) is 19.2 Å². The average molecular weight is 419 g/mol. The van der Waals surface area contributed by atoms with Gasteiger partial charge in [0.05, 0.1) is 22.8 Å². The van der Waals surface area contributed by atoms with Gasteiger partial charge in [-0.1, -0.05) is 0 Å². The molecule has 1 N–H and O–H groups in total. The maximum atomic E-state index is 12.9. The van der Waals surface area contributed by atoms with Crippen molar-refractivity contribution in [2.45, 2.75) is 40.7 Å². The molecule has 156 valence electrons. The first-order valence-corrected chi connectivity index (χ1v) is 10.3. The van der Waals surface area contributed by atoms with Gasteiger partial charge in [-0.25, -0.2) is 4.79 Å². The number of ether oxygens (including phenoxy) is 1. The van der Waals surface area contributed by atoms with Crippen LogP contribution in [0.25, 0.3) is 6.08 Å². The Labute approximate surface area is 174 Å². The van der Waals surface area contributed by atoms with E-state index >= 15 is 0 Å². The zero-order valence-corrected chi connectivity index (χ0v) is 18.1.